The predicted molar refractivity (Wildman–Crippen MR) is 103 cm³/mol. The summed E-state index contributed by atoms with van der Waals surface area (Å²) >= 11 is 0. The molecule has 0 aliphatic rings. The largest absolute Gasteiger partial charge is 0.465 e. The van der Waals surface area contributed by atoms with Gasteiger partial charge < -0.3 is 25.2 Å². The van der Waals surface area contributed by atoms with Gasteiger partial charge in [-0.2, -0.15) is 13.4 Å². The van der Waals surface area contributed by atoms with Crippen LogP contribution in [0.5, 0.6) is 0 Å². The summed E-state index contributed by atoms with van der Waals surface area (Å²) in [5.41, 5.74) is 0.202. The number of hydrogen-bond acceptors (Lipinski definition) is 11. The fraction of sp³-hybridized carbons (Fsp3) is 0.688. The molecule has 28 heavy (non-hydrogen) atoms. The summed E-state index contributed by atoms with van der Waals surface area (Å²) in [6.45, 7) is 1.64. The second-order valence-electron chi connectivity index (χ2n) is 5.72. The fourth-order valence-electron chi connectivity index (χ4n) is 2.08. The smallest absolute Gasteiger partial charge is 0.343 e. The minimum atomic E-state index is -3.39. The third kappa shape index (κ3) is 10.3. The second-order valence-corrected chi connectivity index (χ2v) is 7.37. The molecule has 1 rings (SSSR count). The van der Waals surface area contributed by atoms with E-state index in [-0.39, 0.29) is 25.4 Å². The summed E-state index contributed by atoms with van der Waals surface area (Å²) in [6, 6.07) is 0. The number of aromatic nitrogens is 2. The van der Waals surface area contributed by atoms with Crippen molar-refractivity contribution in [1.29, 1.82) is 0 Å². The molecule has 0 aromatic carbocycles. The van der Waals surface area contributed by atoms with E-state index in [2.05, 4.69) is 24.8 Å². The lowest BCUT2D eigenvalue weighted by molar-refractivity contribution is 0.0601. The van der Waals surface area contributed by atoms with Gasteiger partial charge >= 0.3 is 5.97 Å². The van der Waals surface area contributed by atoms with Crippen LogP contribution >= 0.6 is 0 Å². The highest BCUT2D eigenvalue weighted by Gasteiger charge is 2.15. The summed E-state index contributed by atoms with van der Waals surface area (Å²) in [5.74, 6) is 0.105. The molecule has 0 atom stereocenters. The van der Waals surface area contributed by atoms with Crippen molar-refractivity contribution in [3.05, 3.63) is 11.8 Å². The van der Waals surface area contributed by atoms with Crippen molar-refractivity contribution in [2.24, 2.45) is 0 Å². The van der Waals surface area contributed by atoms with E-state index in [1.807, 2.05) is 0 Å². The van der Waals surface area contributed by atoms with Crippen LogP contribution in [0.3, 0.4) is 0 Å². The molecule has 11 nitrogen and oxygen atoms in total. The number of carbonyl (C=O) groups is 1. The van der Waals surface area contributed by atoms with E-state index in [9.17, 15) is 13.2 Å². The van der Waals surface area contributed by atoms with E-state index < -0.39 is 16.1 Å². The van der Waals surface area contributed by atoms with Crippen LogP contribution in [0, 0.1) is 0 Å². The van der Waals surface area contributed by atoms with Crippen molar-refractivity contribution in [3.8, 4) is 0 Å². The Bertz CT molecular complexity index is 700. The Morgan fingerprint density at radius 1 is 1.14 bits per heavy atom. The van der Waals surface area contributed by atoms with Crippen molar-refractivity contribution in [2.75, 3.05) is 63.5 Å². The standard InChI is InChI=1S/C16H28N4O7S/c1-25-15(22)13-12-19-16(20-14(13)17-7-10-26-11-8-21)18-6-4-3-5-9-27-28(2,23)24/h12,21H,3-11H2,1-2H3,(H2,17,18,19,20). The van der Waals surface area contributed by atoms with Gasteiger partial charge in [0.2, 0.25) is 5.95 Å². The zero-order valence-corrected chi connectivity index (χ0v) is 17.0. The number of esters is 1. The molecular formula is C16H28N4O7S. The van der Waals surface area contributed by atoms with Crippen LogP contribution in [0.1, 0.15) is 29.6 Å². The van der Waals surface area contributed by atoms with Crippen molar-refractivity contribution >= 4 is 27.9 Å². The minimum Gasteiger partial charge on any atom is -0.465 e. The van der Waals surface area contributed by atoms with Crippen molar-refractivity contribution in [3.63, 3.8) is 0 Å². The molecule has 0 radical (unpaired) electrons. The van der Waals surface area contributed by atoms with E-state index in [4.69, 9.17) is 14.6 Å². The maximum absolute atomic E-state index is 11.8. The Balaban J connectivity index is 2.48. The van der Waals surface area contributed by atoms with Crippen LogP contribution in [0.25, 0.3) is 0 Å². The van der Waals surface area contributed by atoms with Gasteiger partial charge in [0, 0.05) is 19.3 Å². The van der Waals surface area contributed by atoms with Crippen LogP contribution in [-0.4, -0.2) is 82.3 Å². The molecule has 0 saturated carbocycles. The van der Waals surface area contributed by atoms with Crippen LogP contribution in [0.15, 0.2) is 6.20 Å². The Morgan fingerprint density at radius 2 is 1.93 bits per heavy atom. The van der Waals surface area contributed by atoms with E-state index in [0.29, 0.717) is 37.9 Å². The highest BCUT2D eigenvalue weighted by Crippen LogP contribution is 2.15. The molecule has 0 saturated heterocycles. The number of nitrogens with one attached hydrogen (secondary N) is 2. The Hall–Kier alpha value is -2.02. The highest BCUT2D eigenvalue weighted by atomic mass is 32.2. The molecule has 0 aliphatic carbocycles. The lowest BCUT2D eigenvalue weighted by Crippen LogP contribution is -2.17. The molecule has 3 N–H and O–H groups in total. The Labute approximate surface area is 164 Å². The Kier molecular flexibility index (Phi) is 11.3. The van der Waals surface area contributed by atoms with Crippen LogP contribution < -0.4 is 10.6 Å². The molecule has 0 spiro atoms. The quantitative estimate of drug-likeness (QED) is 0.203. The number of carbonyl (C=O) groups excluding carboxylic acids is 1. The summed E-state index contributed by atoms with van der Waals surface area (Å²) in [7, 11) is -2.12. The van der Waals surface area contributed by atoms with Crippen molar-refractivity contribution in [2.45, 2.75) is 19.3 Å². The van der Waals surface area contributed by atoms with E-state index in [1.54, 1.807) is 0 Å². The topological polar surface area (TPSA) is 149 Å². The number of methoxy groups -OCH3 is 1. The third-order valence-electron chi connectivity index (χ3n) is 3.37. The van der Waals surface area contributed by atoms with Crippen LogP contribution in [0.4, 0.5) is 11.8 Å². The lowest BCUT2D eigenvalue weighted by atomic mass is 10.2. The molecule has 1 aromatic rings. The number of hydrogen-bond donors (Lipinski definition) is 3. The van der Waals surface area contributed by atoms with Gasteiger partial charge in [-0.25, -0.2) is 9.78 Å². The second kappa shape index (κ2) is 13.2. The maximum atomic E-state index is 11.8. The van der Waals surface area contributed by atoms with Gasteiger partial charge in [-0.1, -0.05) is 0 Å². The summed E-state index contributed by atoms with van der Waals surface area (Å²) in [4.78, 5) is 20.2. The van der Waals surface area contributed by atoms with Gasteiger partial charge in [0.05, 0.1) is 39.8 Å². The first kappa shape index (κ1) is 24.0. The molecule has 0 fully saturated rings. The molecule has 1 aromatic heterocycles. The third-order valence-corrected chi connectivity index (χ3v) is 3.96. The SMILES string of the molecule is COC(=O)c1cnc(NCCCCCOS(C)(=O)=O)nc1NCCOCCO. The average molecular weight is 420 g/mol. The molecule has 12 heteroatoms. The van der Waals surface area contributed by atoms with E-state index in [0.717, 1.165) is 19.1 Å². The predicted octanol–water partition coefficient (Wildman–Crippen LogP) is 0.242. The molecular weight excluding hydrogens is 392 g/mol. The summed E-state index contributed by atoms with van der Waals surface area (Å²) < 4.78 is 36.3. The van der Waals surface area contributed by atoms with Gasteiger partial charge in [-0.3, -0.25) is 4.18 Å². The zero-order chi connectivity index (χ0) is 20.8. The minimum absolute atomic E-state index is 0.0602. The van der Waals surface area contributed by atoms with Gasteiger partial charge in [0.25, 0.3) is 10.1 Å². The van der Waals surface area contributed by atoms with Gasteiger partial charge in [0.15, 0.2) is 0 Å². The normalized spacial score (nSPS) is 11.2. The zero-order valence-electron chi connectivity index (χ0n) is 16.1. The first-order chi connectivity index (χ1) is 13.4. The van der Waals surface area contributed by atoms with Gasteiger partial charge in [0.1, 0.15) is 11.4 Å². The summed E-state index contributed by atoms with van der Waals surface area (Å²) in [5, 5.41) is 14.7. The van der Waals surface area contributed by atoms with Gasteiger partial charge in [-0.15, -0.1) is 0 Å². The summed E-state index contributed by atoms with van der Waals surface area (Å²) in [6.07, 6.45) is 4.56. The average Bonchev–Trinajstić information content (AvgIpc) is 2.65. The first-order valence-electron chi connectivity index (χ1n) is 8.83. The molecule has 0 aliphatic heterocycles. The molecule has 160 valence electrons. The fourth-order valence-corrected chi connectivity index (χ4v) is 2.50. The van der Waals surface area contributed by atoms with Crippen molar-refractivity contribution < 1.29 is 32.0 Å². The van der Waals surface area contributed by atoms with Crippen LogP contribution in [-0.2, 0) is 23.8 Å². The number of rotatable bonds is 15. The monoisotopic (exact) mass is 420 g/mol. The molecule has 0 bridgehead atoms. The number of aliphatic hydroxyl groups excluding tert-OH is 1. The highest BCUT2D eigenvalue weighted by molar-refractivity contribution is 7.85. The molecule has 0 unspecified atom stereocenters. The Morgan fingerprint density at radius 3 is 2.61 bits per heavy atom. The number of aliphatic hydroxyl groups is 1. The molecule has 0 amide bonds. The number of ether oxygens (including phenoxy) is 2. The van der Waals surface area contributed by atoms with E-state index in [1.165, 1.54) is 13.3 Å². The molecule has 1 heterocycles. The number of nitrogens with zero attached hydrogens (tertiary/aromatic N) is 2. The number of unbranched alkanes of at least 4 members (excludes halogenated alkanes) is 2. The van der Waals surface area contributed by atoms with E-state index >= 15 is 0 Å². The van der Waals surface area contributed by atoms with Gasteiger partial charge in [-0.05, 0) is 19.3 Å². The van der Waals surface area contributed by atoms with Crippen LogP contribution in [0.2, 0.25) is 0 Å². The first-order valence-corrected chi connectivity index (χ1v) is 10.6. The van der Waals surface area contributed by atoms with Crippen molar-refractivity contribution in [1.82, 2.24) is 9.97 Å². The maximum Gasteiger partial charge on any atom is 0.343 e. The number of anilines is 2. The lowest BCUT2D eigenvalue weighted by Gasteiger charge is -2.12.